The van der Waals surface area contributed by atoms with Crippen molar-refractivity contribution in [3.05, 3.63) is 169 Å². The molecule has 218 valence electrons. The molecule has 0 aliphatic heterocycles. The van der Waals surface area contributed by atoms with E-state index >= 15 is 0 Å². The van der Waals surface area contributed by atoms with Crippen LogP contribution < -0.4 is 0 Å². The van der Waals surface area contributed by atoms with Crippen LogP contribution in [-0.2, 0) is 0 Å². The van der Waals surface area contributed by atoms with Crippen molar-refractivity contribution in [1.29, 1.82) is 0 Å². The van der Waals surface area contributed by atoms with E-state index in [0.29, 0.717) is 0 Å². The molecule has 0 spiro atoms. The highest BCUT2D eigenvalue weighted by Crippen LogP contribution is 2.45. The maximum absolute atomic E-state index is 9.95. The van der Waals surface area contributed by atoms with Crippen LogP contribution in [0.25, 0.3) is 98.4 Å². The van der Waals surface area contributed by atoms with Crippen molar-refractivity contribution in [2.75, 3.05) is 0 Å². The van der Waals surface area contributed by atoms with Crippen LogP contribution in [0.4, 0.5) is 0 Å². The van der Waals surface area contributed by atoms with Crippen LogP contribution in [0.1, 0.15) is 37.0 Å². The zero-order valence-corrected chi connectivity index (χ0v) is 23.5. The molecule has 1 heterocycles. The first-order valence-corrected chi connectivity index (χ1v) is 14.0. The third-order valence-corrected chi connectivity index (χ3v) is 7.93. The number of para-hydroxylation sites is 1. The summed E-state index contributed by atoms with van der Waals surface area (Å²) in [6.07, 6.45) is 0. The molecule has 47 heavy (non-hydrogen) atoms. The molecule has 10 rings (SSSR count). The number of hydrogen-bond donors (Lipinski definition) is 0. The summed E-state index contributed by atoms with van der Waals surface area (Å²) >= 11 is 0. The average molecular weight is 624 g/mol. The van der Waals surface area contributed by atoms with Gasteiger partial charge in [0.15, 0.2) is 0 Å². The molecular formula is C46H28O. The van der Waals surface area contributed by atoms with Crippen LogP contribution in [0.15, 0.2) is 174 Å². The van der Waals surface area contributed by atoms with E-state index < -0.39 is 245 Å². The molecule has 0 atom stereocenters. The molecule has 1 aromatic heterocycles. The Bertz CT molecular complexity index is 4280. The smallest absolute Gasteiger partial charge is 0.143 e. The Hall–Kier alpha value is -6.18. The van der Waals surface area contributed by atoms with Gasteiger partial charge < -0.3 is 4.42 Å². The van der Waals surface area contributed by atoms with E-state index in [1.54, 1.807) is 0 Å². The van der Waals surface area contributed by atoms with E-state index in [9.17, 15) is 12.3 Å². The first-order chi connectivity index (χ1) is 34.6. The van der Waals surface area contributed by atoms with Gasteiger partial charge in [-0.25, -0.2) is 0 Å². The van der Waals surface area contributed by atoms with E-state index in [4.69, 9.17) is 29.1 Å². The molecule has 9 aromatic carbocycles. The first-order valence-electron chi connectivity index (χ1n) is 27.5. The van der Waals surface area contributed by atoms with Crippen molar-refractivity contribution >= 4 is 65.0 Å². The fraction of sp³-hybridized carbons (Fsp3) is 0. The summed E-state index contributed by atoms with van der Waals surface area (Å²) < 4.78 is 248. The van der Waals surface area contributed by atoms with Crippen molar-refractivity contribution in [2.24, 2.45) is 0 Å². The van der Waals surface area contributed by atoms with E-state index in [2.05, 4.69) is 0 Å². The molecule has 1 heteroatoms. The Kier molecular flexibility index (Phi) is 2.37. The highest BCUT2D eigenvalue weighted by molar-refractivity contribution is 6.23. The lowest BCUT2D eigenvalue weighted by molar-refractivity contribution is 0.672. The van der Waals surface area contributed by atoms with Gasteiger partial charge in [-0.05, 0) is 89.2 Å². The first kappa shape index (κ1) is 11.0. The molecule has 0 saturated carbocycles. The monoisotopic (exact) mass is 623 g/mol. The summed E-state index contributed by atoms with van der Waals surface area (Å²) in [6.45, 7) is 0. The summed E-state index contributed by atoms with van der Waals surface area (Å²) in [6, 6.07) is -22.8. The van der Waals surface area contributed by atoms with Gasteiger partial charge in [0, 0.05) is 16.2 Å². The molecule has 0 aliphatic rings. The lowest BCUT2D eigenvalue weighted by Crippen LogP contribution is -1.91. The topological polar surface area (TPSA) is 13.1 Å². The fourth-order valence-electron chi connectivity index (χ4n) is 5.99. The van der Waals surface area contributed by atoms with Gasteiger partial charge in [-0.15, -0.1) is 0 Å². The van der Waals surface area contributed by atoms with Crippen LogP contribution in [0.2, 0.25) is 0 Å². The second kappa shape index (κ2) is 10.2. The molecule has 0 amide bonds. The third-order valence-electron chi connectivity index (χ3n) is 7.93. The average Bonchev–Trinajstić information content (AvgIpc) is 3.76. The zero-order chi connectivity index (χ0) is 54.4. The van der Waals surface area contributed by atoms with Gasteiger partial charge in [0.1, 0.15) is 11.2 Å². The highest BCUT2D eigenvalue weighted by Gasteiger charge is 2.19. The second-order valence-electron chi connectivity index (χ2n) is 10.4. The summed E-state index contributed by atoms with van der Waals surface area (Å²) in [5.41, 5.74) is -4.70. The number of furan rings is 1. The predicted octanol–water partition coefficient (Wildman–Crippen LogP) is 13.2. The normalized spacial score (nSPS) is 19.9. The van der Waals surface area contributed by atoms with Gasteiger partial charge in [0.05, 0.1) is 37.0 Å². The van der Waals surface area contributed by atoms with Crippen LogP contribution in [-0.4, -0.2) is 0 Å². The quantitative estimate of drug-likeness (QED) is 0.178. The molecule has 0 fully saturated rings. The predicted molar refractivity (Wildman–Crippen MR) is 200 cm³/mol. The van der Waals surface area contributed by atoms with E-state index in [1.165, 1.54) is 0 Å². The van der Waals surface area contributed by atoms with Gasteiger partial charge in [-0.2, -0.15) is 0 Å². The molecule has 0 radical (unpaired) electrons. The summed E-state index contributed by atoms with van der Waals surface area (Å²) in [7, 11) is 0. The molecule has 1 nitrogen and oxygen atoms in total. The number of fused-ring (bicyclic) bond motifs is 8. The van der Waals surface area contributed by atoms with Crippen molar-refractivity contribution in [1.82, 2.24) is 0 Å². The van der Waals surface area contributed by atoms with Gasteiger partial charge in [-0.3, -0.25) is 0 Å². The molecule has 0 N–H and O–H groups in total. The fourth-order valence-corrected chi connectivity index (χ4v) is 5.99. The minimum atomic E-state index is -1.05. The van der Waals surface area contributed by atoms with Crippen LogP contribution >= 0.6 is 0 Å². The van der Waals surface area contributed by atoms with Crippen molar-refractivity contribution in [3.8, 4) is 33.4 Å². The van der Waals surface area contributed by atoms with E-state index in [0.717, 1.165) is 6.07 Å². The minimum Gasteiger partial charge on any atom is -0.455 e. The number of benzene rings is 9. The summed E-state index contributed by atoms with van der Waals surface area (Å²) in [5, 5.41) is -5.46. The standard InChI is InChI=1S/C46H28O/c1-2-13-29(14-3-1)44-36-18-5-7-20-38(36)45(39-21-8-6-19-37(39)44)31-25-26-32-30(27-31)15-12-23-33(32)41-28-42-35-17-10-11-24-43(35)47-46(42)40-22-9-4-16-34(40)41/h1-28H/i1D,2D,3D,4D,5D,6D,7D,8D,9D,10D,11D,12D,13D,14D,15D,16D,17D,18D,19D,20D,21D,22D,23D,24D,25D,26D,27D. The maximum atomic E-state index is 9.95. The lowest BCUT2D eigenvalue weighted by atomic mass is 9.85. The Balaban J connectivity index is 1.49. The Morgan fingerprint density at radius 3 is 1.64 bits per heavy atom. The molecule has 0 aliphatic carbocycles. The SMILES string of the molecule is [2H]c1c([2H])c([2H])c(-c2c3c([2H])c([2H])c([2H])c([2H])c3c(-c3c([2H])c([2H])c4c(-c5cc6c(oc7c([2H])c([2H])c([2H])c([2H])c76)c6c([2H])c([2H])c([2H])c([2H])c56)c([2H])c([2H])c([2H])c4c3[2H])c3c([2H])c([2H])c([2H])c([2H])c23)c([2H])c1[2H]. The van der Waals surface area contributed by atoms with Gasteiger partial charge >= 0.3 is 0 Å². The number of hydrogen-bond acceptors (Lipinski definition) is 1. The van der Waals surface area contributed by atoms with Gasteiger partial charge in [-0.1, -0.05) is 151 Å². The van der Waals surface area contributed by atoms with Crippen molar-refractivity contribution in [2.45, 2.75) is 0 Å². The van der Waals surface area contributed by atoms with Crippen LogP contribution in [0, 0.1) is 0 Å². The zero-order valence-electron chi connectivity index (χ0n) is 50.5. The lowest BCUT2D eigenvalue weighted by Gasteiger charge is -2.18. The molecule has 0 saturated heterocycles. The summed E-state index contributed by atoms with van der Waals surface area (Å²) in [4.78, 5) is 0. The largest absolute Gasteiger partial charge is 0.455 e. The van der Waals surface area contributed by atoms with E-state index in [1.807, 2.05) is 0 Å². The third kappa shape index (κ3) is 3.90. The molecule has 0 bridgehead atoms. The molecule has 0 unspecified atom stereocenters. The van der Waals surface area contributed by atoms with Crippen molar-refractivity contribution in [3.63, 3.8) is 0 Å². The van der Waals surface area contributed by atoms with Crippen LogP contribution in [0.5, 0.6) is 0 Å². The van der Waals surface area contributed by atoms with Gasteiger partial charge in [0.25, 0.3) is 0 Å². The highest BCUT2D eigenvalue weighted by atomic mass is 16.3. The van der Waals surface area contributed by atoms with Crippen molar-refractivity contribution < 1.29 is 41.4 Å². The van der Waals surface area contributed by atoms with E-state index in [-0.39, 0.29) is 16.4 Å². The second-order valence-corrected chi connectivity index (χ2v) is 10.4. The molecular weight excluding hydrogens is 569 g/mol. The summed E-state index contributed by atoms with van der Waals surface area (Å²) in [5.74, 6) is 0. The Labute approximate surface area is 309 Å². The van der Waals surface area contributed by atoms with Crippen LogP contribution in [0.3, 0.4) is 0 Å². The Morgan fingerprint density at radius 2 is 0.936 bits per heavy atom. The number of rotatable bonds is 3. The van der Waals surface area contributed by atoms with Gasteiger partial charge in [0.2, 0.25) is 0 Å². The Morgan fingerprint density at radius 1 is 0.362 bits per heavy atom. The maximum Gasteiger partial charge on any atom is 0.143 e. The minimum absolute atomic E-state index is 0.186. The molecule has 10 aromatic rings.